The lowest BCUT2D eigenvalue weighted by Crippen LogP contribution is -2.76. The van der Waals surface area contributed by atoms with Gasteiger partial charge < -0.3 is 25.9 Å². The van der Waals surface area contributed by atoms with Gasteiger partial charge in [0.15, 0.2) is 5.54 Å². The van der Waals surface area contributed by atoms with Crippen LogP contribution in [0.3, 0.4) is 0 Å². The molecule has 1 amide bonds. The molecule has 0 aliphatic carbocycles. The van der Waals surface area contributed by atoms with E-state index < -0.39 is 16.8 Å². The molecule has 4 N–H and O–H groups in total. The number of quaternary nitrogens is 2. The van der Waals surface area contributed by atoms with Crippen LogP contribution in [0.25, 0.3) is 5.57 Å². The fourth-order valence-electron chi connectivity index (χ4n) is 5.50. The standard InChI is InChI=1S/C26H29F2N5O3/c1-17-6-7-18(12-21(17)30-14-19-4-2-3-5-22(19)36-25(27)28)20-15-31-24-26(33(24,35)16-20)8-10-32(11-9-26)23(34)13-29/h2-7,12,15-16,24-25,30H,8-11,13-14,29H2,1H3/p+1. The fraction of sp³-hybridized carbons (Fsp3) is 0.385. The zero-order chi connectivity index (χ0) is 25.5. The number of allylic oxidation sites excluding steroid dienone is 1. The van der Waals surface area contributed by atoms with Gasteiger partial charge in [-0.3, -0.25) is 9.44 Å². The van der Waals surface area contributed by atoms with Gasteiger partial charge in [-0.05, 0) is 24.6 Å². The van der Waals surface area contributed by atoms with Crippen LogP contribution >= 0.6 is 0 Å². The summed E-state index contributed by atoms with van der Waals surface area (Å²) in [5, 5.41) is 15.7. The van der Waals surface area contributed by atoms with Crippen molar-refractivity contribution in [3.63, 3.8) is 0 Å². The molecule has 5 rings (SSSR count). The van der Waals surface area contributed by atoms with Crippen molar-refractivity contribution in [1.29, 1.82) is 0 Å². The molecule has 2 atom stereocenters. The fourth-order valence-corrected chi connectivity index (χ4v) is 5.50. The number of alkyl halides is 2. The Balaban J connectivity index is 1.32. The van der Waals surface area contributed by atoms with Gasteiger partial charge in [0.1, 0.15) is 24.2 Å². The summed E-state index contributed by atoms with van der Waals surface area (Å²) in [6.07, 6.45) is 4.35. The summed E-state index contributed by atoms with van der Waals surface area (Å²) in [5.74, 6) is 0.0713. The van der Waals surface area contributed by atoms with Gasteiger partial charge in [0.25, 0.3) is 0 Å². The van der Waals surface area contributed by atoms with E-state index in [9.17, 15) is 18.8 Å². The van der Waals surface area contributed by atoms with Crippen LogP contribution in [0.15, 0.2) is 53.7 Å². The lowest BCUT2D eigenvalue weighted by Gasteiger charge is -2.34. The first-order chi connectivity index (χ1) is 17.3. The largest absolute Gasteiger partial charge is 0.625 e. The van der Waals surface area contributed by atoms with E-state index >= 15 is 0 Å². The van der Waals surface area contributed by atoms with Gasteiger partial charge in [-0.1, -0.05) is 24.3 Å². The Labute approximate surface area is 208 Å². The van der Waals surface area contributed by atoms with Crippen molar-refractivity contribution in [1.82, 2.24) is 4.90 Å². The van der Waals surface area contributed by atoms with Crippen LogP contribution in [0.2, 0.25) is 0 Å². The molecule has 2 fully saturated rings. The Hall–Kier alpha value is -3.18. The number of piperidine rings is 1. The van der Waals surface area contributed by atoms with Crippen LogP contribution in [-0.2, 0) is 11.3 Å². The number of hydroxylamine groups is 3. The minimum Gasteiger partial charge on any atom is -0.625 e. The highest BCUT2D eigenvalue weighted by Crippen LogP contribution is 2.59. The Kier molecular flexibility index (Phi) is 6.37. The first-order valence-electron chi connectivity index (χ1n) is 12.1. The van der Waals surface area contributed by atoms with Crippen molar-refractivity contribution in [2.45, 2.75) is 44.6 Å². The van der Waals surface area contributed by atoms with Gasteiger partial charge in [-0.25, -0.2) is 4.99 Å². The molecule has 2 unspecified atom stereocenters. The molecule has 2 saturated heterocycles. The second-order valence-corrected chi connectivity index (χ2v) is 9.60. The summed E-state index contributed by atoms with van der Waals surface area (Å²) < 4.78 is 29.7. The number of para-hydroxylation sites is 1. The molecule has 1 spiro atoms. The average Bonchev–Trinajstić information content (AvgIpc) is 3.39. The average molecular weight is 499 g/mol. The van der Waals surface area contributed by atoms with Crippen molar-refractivity contribution >= 4 is 23.4 Å². The number of nitrogens with two attached hydrogens (primary N) is 2. The first-order valence-corrected chi connectivity index (χ1v) is 12.1. The number of likely N-dealkylation sites (tertiary alicyclic amines) is 1. The molecule has 10 heteroatoms. The maximum Gasteiger partial charge on any atom is 0.387 e. The first kappa shape index (κ1) is 24.5. The highest BCUT2D eigenvalue weighted by Gasteiger charge is 2.75. The summed E-state index contributed by atoms with van der Waals surface area (Å²) in [4.78, 5) is 18.3. The van der Waals surface area contributed by atoms with Crippen molar-refractivity contribution in [2.75, 3.05) is 19.6 Å². The quantitative estimate of drug-likeness (QED) is 0.265. The van der Waals surface area contributed by atoms with Crippen LogP contribution in [0.5, 0.6) is 5.75 Å². The van der Waals surface area contributed by atoms with E-state index in [0.717, 1.165) is 22.4 Å². The molecular weight excluding hydrogens is 468 g/mol. The second-order valence-electron chi connectivity index (χ2n) is 9.60. The molecule has 8 nitrogen and oxygen atoms in total. The van der Waals surface area contributed by atoms with Gasteiger partial charge in [0, 0.05) is 49.3 Å². The SMILES string of the molecule is Cc1ccc(C2=C[N+]3([O-])C(N=C2)C32CCN(C(=O)CN)CC2)cc1[NH2+]Cc1ccccc1OC(F)F. The molecule has 0 saturated carbocycles. The molecule has 190 valence electrons. The van der Waals surface area contributed by atoms with Crippen molar-refractivity contribution in [3.8, 4) is 5.75 Å². The number of carbonyl (C=O) groups is 1. The van der Waals surface area contributed by atoms with E-state index in [1.54, 1.807) is 35.5 Å². The van der Waals surface area contributed by atoms with Crippen LogP contribution in [-0.4, -0.2) is 59.6 Å². The molecule has 2 aromatic carbocycles. The molecule has 3 aliphatic heterocycles. The number of aryl methyl sites for hydroxylation is 1. The number of hydrogen-bond donors (Lipinski definition) is 2. The van der Waals surface area contributed by atoms with E-state index in [1.807, 2.05) is 30.4 Å². The predicted molar refractivity (Wildman–Crippen MR) is 131 cm³/mol. The van der Waals surface area contributed by atoms with Gasteiger partial charge in [-0.15, -0.1) is 0 Å². The Bertz CT molecular complexity index is 1230. The van der Waals surface area contributed by atoms with Crippen LogP contribution < -0.4 is 15.8 Å². The summed E-state index contributed by atoms with van der Waals surface area (Å²) in [7, 11) is 0. The van der Waals surface area contributed by atoms with Crippen molar-refractivity contribution in [2.24, 2.45) is 10.7 Å². The Morgan fingerprint density at radius 3 is 2.78 bits per heavy atom. The van der Waals surface area contributed by atoms with Gasteiger partial charge in [0.05, 0.1) is 12.1 Å². The molecule has 0 radical (unpaired) electrons. The number of aliphatic imine (C=N–C) groups is 1. The number of nitrogens with zero attached hydrogens (tertiary/aromatic N) is 3. The molecule has 36 heavy (non-hydrogen) atoms. The second kappa shape index (κ2) is 9.36. The monoisotopic (exact) mass is 498 g/mol. The summed E-state index contributed by atoms with van der Waals surface area (Å²) in [5.41, 5.74) is 9.24. The Morgan fingerprint density at radius 2 is 2.06 bits per heavy atom. The lowest BCUT2D eigenvalue weighted by molar-refractivity contribution is -0.733. The van der Waals surface area contributed by atoms with Gasteiger partial charge >= 0.3 is 6.61 Å². The normalized spacial score (nSPS) is 24.0. The number of rotatable bonds is 7. The number of ether oxygens (including phenoxy) is 1. The van der Waals surface area contributed by atoms with Crippen LogP contribution in [0.1, 0.15) is 29.5 Å². The maximum absolute atomic E-state index is 13.8. The maximum atomic E-state index is 13.8. The van der Waals surface area contributed by atoms with Crippen molar-refractivity contribution in [3.05, 3.63) is 70.6 Å². The van der Waals surface area contributed by atoms with E-state index in [4.69, 9.17) is 5.73 Å². The number of amides is 1. The number of halogens is 2. The van der Waals surface area contributed by atoms with Crippen molar-refractivity contribution < 1.29 is 28.3 Å². The minimum atomic E-state index is -2.88. The summed E-state index contributed by atoms with van der Waals surface area (Å²) >= 11 is 0. The van der Waals surface area contributed by atoms with Crippen LogP contribution in [0, 0.1) is 12.1 Å². The molecule has 3 heterocycles. The predicted octanol–water partition coefficient (Wildman–Crippen LogP) is 2.39. The Morgan fingerprint density at radius 1 is 1.31 bits per heavy atom. The highest BCUT2D eigenvalue weighted by molar-refractivity contribution is 6.10. The number of hydrogen-bond acceptors (Lipinski definition) is 5. The molecule has 0 aromatic heterocycles. The van der Waals surface area contributed by atoms with E-state index in [0.29, 0.717) is 38.0 Å². The number of carbonyl (C=O) groups excluding carboxylic acids is 1. The van der Waals surface area contributed by atoms with Gasteiger partial charge in [-0.2, -0.15) is 8.78 Å². The molecule has 0 bridgehead atoms. The number of fused-ring (bicyclic) bond motifs is 3. The number of benzene rings is 2. The third-order valence-electron chi connectivity index (χ3n) is 7.66. The third kappa shape index (κ3) is 4.20. The van der Waals surface area contributed by atoms with E-state index in [2.05, 4.69) is 9.73 Å². The summed E-state index contributed by atoms with van der Waals surface area (Å²) in [6, 6.07) is 12.7. The molecular formula is C26H30F2N5O3+. The zero-order valence-electron chi connectivity index (χ0n) is 20.1. The topological polar surface area (TPSA) is 108 Å². The highest BCUT2D eigenvalue weighted by atomic mass is 19.3. The zero-order valence-corrected chi connectivity index (χ0v) is 20.1. The van der Waals surface area contributed by atoms with Crippen LogP contribution in [0.4, 0.5) is 14.5 Å². The van der Waals surface area contributed by atoms with E-state index in [1.165, 1.54) is 6.07 Å². The third-order valence-corrected chi connectivity index (χ3v) is 7.66. The lowest BCUT2D eigenvalue weighted by atomic mass is 9.95. The molecule has 2 aromatic rings. The van der Waals surface area contributed by atoms with Gasteiger partial charge in [0.2, 0.25) is 12.1 Å². The summed E-state index contributed by atoms with van der Waals surface area (Å²) in [6.45, 7) is 0.545. The smallest absolute Gasteiger partial charge is 0.387 e. The minimum absolute atomic E-state index is 0.0202. The van der Waals surface area contributed by atoms with E-state index in [-0.39, 0.29) is 24.4 Å². The molecule has 3 aliphatic rings.